The Labute approximate surface area is 155 Å². The van der Waals surface area contributed by atoms with Crippen LogP contribution in [-0.2, 0) is 5.41 Å². The molecule has 0 unspecified atom stereocenters. The van der Waals surface area contributed by atoms with Crippen LogP contribution in [0.25, 0.3) is 10.8 Å². The molecule has 5 nitrogen and oxygen atoms in total. The molecule has 1 aromatic heterocycles. The Hall–Kier alpha value is -3.02. The third kappa shape index (κ3) is 3.23. The van der Waals surface area contributed by atoms with Crippen LogP contribution in [0.4, 0.5) is 4.39 Å². The van der Waals surface area contributed by atoms with Gasteiger partial charge in [-0.25, -0.2) is 9.49 Å². The van der Waals surface area contributed by atoms with Gasteiger partial charge in [0.2, 0.25) is 0 Å². The van der Waals surface area contributed by atoms with Gasteiger partial charge in [-0.1, -0.05) is 43.2 Å². The molecule has 1 aliphatic carbocycles. The summed E-state index contributed by atoms with van der Waals surface area (Å²) in [5.41, 5.74) is 0.737. The number of carbonyl (C=O) groups is 1. The largest absolute Gasteiger partial charge is 0.350 e. The van der Waals surface area contributed by atoms with Crippen molar-refractivity contribution in [1.82, 2.24) is 15.5 Å². The SMILES string of the molecule is O=C(NCC1(c2ccc(F)cc2)CCCC1)c1n[nH]c(=O)c2ccccc12. The van der Waals surface area contributed by atoms with Crippen molar-refractivity contribution in [2.75, 3.05) is 6.54 Å². The minimum Gasteiger partial charge on any atom is -0.350 e. The van der Waals surface area contributed by atoms with Crippen molar-refractivity contribution < 1.29 is 9.18 Å². The Morgan fingerprint density at radius 1 is 1.07 bits per heavy atom. The van der Waals surface area contributed by atoms with Gasteiger partial charge in [0, 0.05) is 17.3 Å². The zero-order valence-electron chi connectivity index (χ0n) is 14.8. The number of nitrogens with one attached hydrogen (secondary N) is 2. The first-order valence-electron chi connectivity index (χ1n) is 9.11. The summed E-state index contributed by atoms with van der Waals surface area (Å²) in [6, 6.07) is 13.5. The molecule has 1 aliphatic rings. The molecule has 0 aliphatic heterocycles. The van der Waals surface area contributed by atoms with E-state index in [0.717, 1.165) is 31.2 Å². The van der Waals surface area contributed by atoms with Crippen molar-refractivity contribution in [3.63, 3.8) is 0 Å². The molecule has 4 rings (SSSR count). The lowest BCUT2D eigenvalue weighted by Crippen LogP contribution is -2.39. The number of hydrogen-bond donors (Lipinski definition) is 2. The molecule has 1 saturated carbocycles. The highest BCUT2D eigenvalue weighted by atomic mass is 19.1. The van der Waals surface area contributed by atoms with Gasteiger partial charge >= 0.3 is 0 Å². The number of fused-ring (bicyclic) bond motifs is 1. The Balaban J connectivity index is 1.61. The van der Waals surface area contributed by atoms with Gasteiger partial charge in [0.05, 0.1) is 5.39 Å². The molecule has 27 heavy (non-hydrogen) atoms. The predicted molar refractivity (Wildman–Crippen MR) is 101 cm³/mol. The van der Waals surface area contributed by atoms with Crippen molar-refractivity contribution in [3.8, 4) is 0 Å². The average molecular weight is 365 g/mol. The first-order valence-corrected chi connectivity index (χ1v) is 9.11. The van der Waals surface area contributed by atoms with Crippen molar-refractivity contribution in [3.05, 3.63) is 76.0 Å². The summed E-state index contributed by atoms with van der Waals surface area (Å²) in [5, 5.41) is 10.3. The summed E-state index contributed by atoms with van der Waals surface area (Å²) in [5.74, 6) is -0.587. The monoisotopic (exact) mass is 365 g/mol. The van der Waals surface area contributed by atoms with E-state index in [-0.39, 0.29) is 28.4 Å². The molecule has 138 valence electrons. The van der Waals surface area contributed by atoms with Crippen LogP contribution in [0.1, 0.15) is 41.7 Å². The molecule has 0 bridgehead atoms. The maximum absolute atomic E-state index is 13.3. The number of carbonyl (C=O) groups excluding carboxylic acids is 1. The van der Waals surface area contributed by atoms with E-state index in [9.17, 15) is 14.0 Å². The van der Waals surface area contributed by atoms with Crippen LogP contribution in [0.3, 0.4) is 0 Å². The quantitative estimate of drug-likeness (QED) is 0.745. The first-order chi connectivity index (χ1) is 13.1. The molecular formula is C21H20FN3O2. The first kappa shape index (κ1) is 17.4. The standard InChI is InChI=1S/C21H20FN3O2/c22-15-9-7-14(8-10-15)21(11-3-4-12-21)13-23-20(27)18-16-5-1-2-6-17(16)19(26)25-24-18/h1-2,5-10H,3-4,11-13H2,(H,23,27)(H,25,26). The lowest BCUT2D eigenvalue weighted by Gasteiger charge is -2.30. The Morgan fingerprint density at radius 2 is 1.74 bits per heavy atom. The lowest BCUT2D eigenvalue weighted by molar-refractivity contribution is 0.0939. The minimum atomic E-state index is -0.323. The minimum absolute atomic E-state index is 0.193. The predicted octanol–water partition coefficient (Wildman–Crippen LogP) is 3.30. The third-order valence-electron chi connectivity index (χ3n) is 5.52. The van der Waals surface area contributed by atoms with E-state index in [1.54, 1.807) is 36.4 Å². The fourth-order valence-corrected chi connectivity index (χ4v) is 4.04. The maximum Gasteiger partial charge on any atom is 0.272 e. The molecule has 3 aromatic rings. The number of H-pyrrole nitrogens is 1. The van der Waals surface area contributed by atoms with Crippen molar-refractivity contribution >= 4 is 16.7 Å². The van der Waals surface area contributed by atoms with Gasteiger partial charge in [-0.05, 0) is 36.6 Å². The summed E-state index contributed by atoms with van der Waals surface area (Å²) in [4.78, 5) is 24.7. The van der Waals surface area contributed by atoms with Crippen molar-refractivity contribution in [1.29, 1.82) is 0 Å². The molecule has 0 saturated heterocycles. The van der Waals surface area contributed by atoms with E-state index >= 15 is 0 Å². The van der Waals surface area contributed by atoms with Crippen LogP contribution in [0.5, 0.6) is 0 Å². The highest BCUT2D eigenvalue weighted by molar-refractivity contribution is 6.04. The lowest BCUT2D eigenvalue weighted by atomic mass is 9.78. The topological polar surface area (TPSA) is 74.8 Å². The highest BCUT2D eigenvalue weighted by Gasteiger charge is 2.36. The third-order valence-corrected chi connectivity index (χ3v) is 5.52. The second kappa shape index (κ2) is 6.95. The summed E-state index contributed by atoms with van der Waals surface area (Å²) in [7, 11) is 0. The number of halogens is 1. The fraction of sp³-hybridized carbons (Fsp3) is 0.286. The van der Waals surface area contributed by atoms with Crippen LogP contribution >= 0.6 is 0 Å². The van der Waals surface area contributed by atoms with Gasteiger partial charge < -0.3 is 5.32 Å². The molecule has 6 heteroatoms. The van der Waals surface area contributed by atoms with E-state index < -0.39 is 0 Å². The molecule has 0 atom stereocenters. The molecular weight excluding hydrogens is 345 g/mol. The van der Waals surface area contributed by atoms with E-state index in [1.165, 1.54) is 12.1 Å². The van der Waals surface area contributed by atoms with Crippen LogP contribution in [-0.4, -0.2) is 22.6 Å². The highest BCUT2D eigenvalue weighted by Crippen LogP contribution is 2.40. The van der Waals surface area contributed by atoms with Gasteiger partial charge in [-0.2, -0.15) is 5.10 Å². The van der Waals surface area contributed by atoms with Crippen LogP contribution in [0.15, 0.2) is 53.3 Å². The molecule has 0 spiro atoms. The van der Waals surface area contributed by atoms with Gasteiger partial charge in [-0.15, -0.1) is 0 Å². The Morgan fingerprint density at radius 3 is 2.44 bits per heavy atom. The maximum atomic E-state index is 13.3. The summed E-state index contributed by atoms with van der Waals surface area (Å²) in [6.45, 7) is 0.451. The van der Waals surface area contributed by atoms with Gasteiger partial charge in [-0.3, -0.25) is 9.59 Å². The number of amides is 1. The van der Waals surface area contributed by atoms with Gasteiger partial charge in [0.25, 0.3) is 11.5 Å². The summed E-state index contributed by atoms with van der Waals surface area (Å²) >= 11 is 0. The van der Waals surface area contributed by atoms with E-state index in [2.05, 4.69) is 15.5 Å². The van der Waals surface area contributed by atoms with Crippen LogP contribution in [0, 0.1) is 5.82 Å². The van der Waals surface area contributed by atoms with Crippen LogP contribution in [0.2, 0.25) is 0 Å². The molecule has 2 aromatic carbocycles. The van der Waals surface area contributed by atoms with Gasteiger partial charge in [0.1, 0.15) is 5.82 Å². The number of hydrogen-bond acceptors (Lipinski definition) is 3. The second-order valence-electron chi connectivity index (χ2n) is 7.12. The average Bonchev–Trinajstić information content (AvgIpc) is 3.17. The fourth-order valence-electron chi connectivity index (χ4n) is 4.04. The molecule has 1 heterocycles. The number of nitrogens with zero attached hydrogens (tertiary/aromatic N) is 1. The number of rotatable bonds is 4. The Bertz CT molecular complexity index is 1040. The molecule has 2 N–H and O–H groups in total. The molecule has 1 fully saturated rings. The number of aromatic amines is 1. The summed E-state index contributed by atoms with van der Waals surface area (Å²) in [6.07, 6.45) is 4.04. The second-order valence-corrected chi connectivity index (χ2v) is 7.12. The smallest absolute Gasteiger partial charge is 0.272 e. The number of benzene rings is 2. The molecule has 0 radical (unpaired) electrons. The number of aromatic nitrogens is 2. The zero-order chi connectivity index (χ0) is 18.9. The zero-order valence-corrected chi connectivity index (χ0v) is 14.8. The van der Waals surface area contributed by atoms with Crippen LogP contribution < -0.4 is 10.9 Å². The normalized spacial score (nSPS) is 15.7. The van der Waals surface area contributed by atoms with Crippen molar-refractivity contribution in [2.24, 2.45) is 0 Å². The van der Waals surface area contributed by atoms with Crippen molar-refractivity contribution in [2.45, 2.75) is 31.1 Å². The van der Waals surface area contributed by atoms with E-state index in [1.807, 2.05) is 0 Å². The van der Waals surface area contributed by atoms with E-state index in [0.29, 0.717) is 17.3 Å². The summed E-state index contributed by atoms with van der Waals surface area (Å²) < 4.78 is 13.3. The molecule has 1 amide bonds. The van der Waals surface area contributed by atoms with E-state index in [4.69, 9.17) is 0 Å². The van der Waals surface area contributed by atoms with Gasteiger partial charge in [0.15, 0.2) is 5.69 Å². The Kier molecular flexibility index (Phi) is 4.48.